The number of amides is 1. The van der Waals surface area contributed by atoms with Crippen molar-refractivity contribution in [3.63, 3.8) is 0 Å². The molecule has 7 nitrogen and oxygen atoms in total. The summed E-state index contributed by atoms with van der Waals surface area (Å²) in [5.41, 5.74) is 3.87. The van der Waals surface area contributed by atoms with Gasteiger partial charge in [-0.1, -0.05) is 36.4 Å². The molecule has 194 valence electrons. The van der Waals surface area contributed by atoms with Crippen LogP contribution in [0, 0.1) is 5.82 Å². The van der Waals surface area contributed by atoms with E-state index in [9.17, 15) is 23.9 Å². The summed E-state index contributed by atoms with van der Waals surface area (Å²) in [6.07, 6.45) is 0.125. The molecule has 0 aromatic heterocycles. The van der Waals surface area contributed by atoms with Gasteiger partial charge in [0.1, 0.15) is 11.6 Å². The summed E-state index contributed by atoms with van der Waals surface area (Å²) in [7, 11) is 1.54. The highest BCUT2D eigenvalue weighted by Crippen LogP contribution is 2.48. The smallest absolute Gasteiger partial charge is 0.303 e. The van der Waals surface area contributed by atoms with E-state index in [1.54, 1.807) is 54.5 Å². The first-order valence-corrected chi connectivity index (χ1v) is 12.4. The van der Waals surface area contributed by atoms with E-state index in [1.807, 2.05) is 18.2 Å². The third kappa shape index (κ3) is 4.89. The first kappa shape index (κ1) is 25.2. The van der Waals surface area contributed by atoms with Crippen molar-refractivity contribution in [2.75, 3.05) is 17.3 Å². The summed E-state index contributed by atoms with van der Waals surface area (Å²) in [6, 6.07) is 19.8. The van der Waals surface area contributed by atoms with Gasteiger partial charge in [0, 0.05) is 24.1 Å². The fraction of sp³-hybridized carbons (Fsp3) is 0.233. The molecule has 0 saturated heterocycles. The molecule has 2 N–H and O–H groups in total. The number of hydrogen-bond donors (Lipinski definition) is 2. The lowest BCUT2D eigenvalue weighted by Gasteiger charge is -2.35. The number of carboxylic acid groups (broad SMARTS) is 1. The lowest BCUT2D eigenvalue weighted by Crippen LogP contribution is -2.38. The zero-order valence-corrected chi connectivity index (χ0v) is 20.8. The zero-order chi connectivity index (χ0) is 26.8. The monoisotopic (exact) mass is 514 g/mol. The van der Waals surface area contributed by atoms with Gasteiger partial charge in [-0.3, -0.25) is 19.3 Å². The second kappa shape index (κ2) is 10.5. The number of hydrogen-bond acceptors (Lipinski definition) is 5. The Balaban J connectivity index is 1.68. The van der Waals surface area contributed by atoms with Crippen molar-refractivity contribution in [2.24, 2.45) is 0 Å². The molecule has 0 unspecified atom stereocenters. The third-order valence-electron chi connectivity index (χ3n) is 7.06. The number of aliphatic carboxylic acids is 1. The number of ketones is 1. The predicted octanol–water partition coefficient (Wildman–Crippen LogP) is 5.60. The van der Waals surface area contributed by atoms with Gasteiger partial charge in [0.25, 0.3) is 0 Å². The minimum absolute atomic E-state index is 0.135. The molecular weight excluding hydrogens is 487 g/mol. The number of rotatable bonds is 6. The van der Waals surface area contributed by atoms with Crippen LogP contribution in [0.2, 0.25) is 0 Å². The molecule has 0 bridgehead atoms. The van der Waals surface area contributed by atoms with Crippen molar-refractivity contribution < 1.29 is 28.6 Å². The average Bonchev–Trinajstić information content (AvgIpc) is 3.07. The molecule has 3 aromatic carbocycles. The number of anilines is 2. The summed E-state index contributed by atoms with van der Waals surface area (Å²) in [6.45, 7) is 0. The van der Waals surface area contributed by atoms with Crippen LogP contribution in [0.25, 0.3) is 0 Å². The van der Waals surface area contributed by atoms with Gasteiger partial charge in [-0.05, 0) is 59.9 Å². The van der Waals surface area contributed by atoms with Crippen molar-refractivity contribution in [1.82, 2.24) is 0 Å². The van der Waals surface area contributed by atoms with Gasteiger partial charge in [0.2, 0.25) is 5.91 Å². The lowest BCUT2D eigenvalue weighted by atomic mass is 9.78. The largest absolute Gasteiger partial charge is 0.497 e. The maximum Gasteiger partial charge on any atom is 0.303 e. The van der Waals surface area contributed by atoms with Crippen molar-refractivity contribution in [1.29, 1.82) is 0 Å². The maximum atomic E-state index is 13.9. The highest BCUT2D eigenvalue weighted by atomic mass is 19.1. The number of carbonyl (C=O) groups is 3. The minimum atomic E-state index is -1.08. The topological polar surface area (TPSA) is 95.9 Å². The number of Topliss-reactive ketones (excluding diaryl/α,β-unsaturated/α-hetero) is 1. The molecule has 1 amide bonds. The number of nitrogens with zero attached hydrogens (tertiary/aromatic N) is 1. The van der Waals surface area contributed by atoms with Crippen molar-refractivity contribution in [2.45, 2.75) is 37.6 Å². The molecule has 0 radical (unpaired) electrons. The summed E-state index contributed by atoms with van der Waals surface area (Å²) in [5, 5.41) is 12.7. The number of fused-ring (bicyclic) bond motifs is 1. The van der Waals surface area contributed by atoms with E-state index in [0.29, 0.717) is 40.4 Å². The van der Waals surface area contributed by atoms with E-state index >= 15 is 0 Å². The van der Waals surface area contributed by atoms with Crippen LogP contribution in [0.5, 0.6) is 5.75 Å². The van der Waals surface area contributed by atoms with Gasteiger partial charge in [-0.2, -0.15) is 0 Å². The van der Waals surface area contributed by atoms with Crippen LogP contribution < -0.4 is 15.0 Å². The lowest BCUT2D eigenvalue weighted by molar-refractivity contribution is -0.138. The number of methoxy groups -OCH3 is 1. The molecule has 1 aliphatic heterocycles. The molecule has 5 rings (SSSR count). The molecule has 0 saturated carbocycles. The van der Waals surface area contributed by atoms with Gasteiger partial charge in [-0.25, -0.2) is 4.39 Å². The molecule has 38 heavy (non-hydrogen) atoms. The Morgan fingerprint density at radius 1 is 1.00 bits per heavy atom. The number of ether oxygens (including phenoxy) is 1. The Morgan fingerprint density at radius 3 is 2.50 bits per heavy atom. The number of benzene rings is 3. The maximum absolute atomic E-state index is 13.9. The Kier molecular flexibility index (Phi) is 6.96. The number of allylic oxidation sites excluding steroid dienone is 1. The van der Waals surface area contributed by atoms with Crippen LogP contribution in [-0.4, -0.2) is 29.9 Å². The first-order chi connectivity index (χ1) is 18.4. The third-order valence-corrected chi connectivity index (χ3v) is 7.06. The first-order valence-electron chi connectivity index (χ1n) is 12.4. The van der Waals surface area contributed by atoms with Crippen LogP contribution >= 0.6 is 0 Å². The van der Waals surface area contributed by atoms with Crippen LogP contribution in [0.4, 0.5) is 15.8 Å². The van der Waals surface area contributed by atoms with Gasteiger partial charge in [0.05, 0.1) is 30.9 Å². The second-order valence-electron chi connectivity index (χ2n) is 9.45. The summed E-state index contributed by atoms with van der Waals surface area (Å²) in [5.74, 6) is -1.55. The molecule has 1 aliphatic carbocycles. The normalized spacial score (nSPS) is 18.7. The highest BCUT2D eigenvalue weighted by molar-refractivity contribution is 6.06. The fourth-order valence-electron chi connectivity index (χ4n) is 5.30. The fourth-order valence-corrected chi connectivity index (χ4v) is 5.30. The van der Waals surface area contributed by atoms with E-state index in [1.165, 1.54) is 12.1 Å². The predicted molar refractivity (Wildman–Crippen MR) is 141 cm³/mol. The Hall–Kier alpha value is -4.46. The quantitative estimate of drug-likeness (QED) is 0.445. The molecule has 0 fully saturated rings. The van der Waals surface area contributed by atoms with Gasteiger partial charge < -0.3 is 15.2 Å². The molecule has 2 aliphatic rings. The molecule has 3 aromatic rings. The Labute approximate surface area is 219 Å². The van der Waals surface area contributed by atoms with Gasteiger partial charge >= 0.3 is 5.97 Å². The SMILES string of the molecule is COc1cccc([C@@H]2C3=C(C[C@H](c4ccc(F)cc4)CC3=O)Nc3ccccc3N2C(=O)CCC(=O)O)c1. The number of carboxylic acids is 1. The molecular formula is C30H27FN2O5. The van der Waals surface area contributed by atoms with E-state index in [-0.39, 0.29) is 36.8 Å². The summed E-state index contributed by atoms with van der Waals surface area (Å²) < 4.78 is 19.0. The molecule has 8 heteroatoms. The molecule has 0 spiro atoms. The van der Waals surface area contributed by atoms with Crippen LogP contribution in [-0.2, 0) is 14.4 Å². The minimum Gasteiger partial charge on any atom is -0.497 e. The zero-order valence-electron chi connectivity index (χ0n) is 20.8. The highest BCUT2D eigenvalue weighted by Gasteiger charge is 2.41. The van der Waals surface area contributed by atoms with Crippen molar-refractivity contribution in [3.05, 3.63) is 101 Å². The molecule has 2 atom stereocenters. The van der Waals surface area contributed by atoms with E-state index in [0.717, 1.165) is 5.56 Å². The average molecular weight is 515 g/mol. The van der Waals surface area contributed by atoms with Crippen LogP contribution in [0.15, 0.2) is 84.1 Å². The standard InChI is InChI=1S/C30H27FN2O5/c1-38-22-6-4-5-19(15-22)30-29-24(16-20(17-26(29)34)18-9-11-21(31)12-10-18)32-23-7-2-3-8-25(23)33(30)27(35)13-14-28(36)37/h2-12,15,20,30,32H,13-14,16-17H2,1H3,(H,36,37)/t20-,30+/m0/s1. The van der Waals surface area contributed by atoms with E-state index in [2.05, 4.69) is 5.32 Å². The van der Waals surface area contributed by atoms with Gasteiger partial charge in [0.15, 0.2) is 5.78 Å². The number of para-hydroxylation sites is 2. The summed E-state index contributed by atoms with van der Waals surface area (Å²) >= 11 is 0. The van der Waals surface area contributed by atoms with E-state index in [4.69, 9.17) is 4.74 Å². The number of nitrogens with one attached hydrogen (secondary N) is 1. The van der Waals surface area contributed by atoms with Crippen LogP contribution in [0.3, 0.4) is 0 Å². The van der Waals surface area contributed by atoms with Crippen LogP contribution in [0.1, 0.15) is 48.8 Å². The van der Waals surface area contributed by atoms with Crippen molar-refractivity contribution >= 4 is 29.0 Å². The number of carbonyl (C=O) groups excluding carboxylic acids is 2. The number of halogens is 1. The second-order valence-corrected chi connectivity index (χ2v) is 9.45. The van der Waals surface area contributed by atoms with Crippen molar-refractivity contribution in [3.8, 4) is 5.75 Å². The summed E-state index contributed by atoms with van der Waals surface area (Å²) in [4.78, 5) is 40.5. The molecule has 1 heterocycles. The van der Waals surface area contributed by atoms with Gasteiger partial charge in [-0.15, -0.1) is 0 Å². The van der Waals surface area contributed by atoms with E-state index < -0.39 is 17.9 Å². The Bertz CT molecular complexity index is 1430. The Morgan fingerprint density at radius 2 is 1.76 bits per heavy atom.